The summed E-state index contributed by atoms with van der Waals surface area (Å²) in [5.74, 6) is -1.18. The van der Waals surface area contributed by atoms with Crippen molar-refractivity contribution in [2.75, 3.05) is 0 Å². The van der Waals surface area contributed by atoms with E-state index in [0.29, 0.717) is 12.1 Å². The van der Waals surface area contributed by atoms with E-state index in [0.717, 1.165) is 9.88 Å². The minimum atomic E-state index is -4.06. The predicted octanol–water partition coefficient (Wildman–Crippen LogP) is 3.12. The van der Waals surface area contributed by atoms with Crippen molar-refractivity contribution in [2.24, 2.45) is 5.92 Å². The van der Waals surface area contributed by atoms with Crippen molar-refractivity contribution >= 4 is 11.3 Å². The zero-order chi connectivity index (χ0) is 10.3. The van der Waals surface area contributed by atoms with E-state index < -0.39 is 12.1 Å². The van der Waals surface area contributed by atoms with Crippen molar-refractivity contribution in [2.45, 2.75) is 32.4 Å². The standard InChI is InChI=1S/C9H10F3NS/c1-5-13-7-4-6(9(10,11)12)2-3-8(7)14-5/h6H,2-4H2,1H3. The van der Waals surface area contributed by atoms with Crippen LogP contribution >= 0.6 is 11.3 Å². The molecule has 0 radical (unpaired) electrons. The summed E-state index contributed by atoms with van der Waals surface area (Å²) in [7, 11) is 0. The Kier molecular flexibility index (Phi) is 2.29. The fourth-order valence-electron chi connectivity index (χ4n) is 1.79. The summed E-state index contributed by atoms with van der Waals surface area (Å²) in [5.41, 5.74) is 0.668. The average molecular weight is 221 g/mol. The number of halogens is 3. The van der Waals surface area contributed by atoms with Gasteiger partial charge in [0.25, 0.3) is 0 Å². The fourth-order valence-corrected chi connectivity index (χ4v) is 2.77. The van der Waals surface area contributed by atoms with Crippen LogP contribution in [0.1, 0.15) is 22.0 Å². The van der Waals surface area contributed by atoms with Crippen LogP contribution in [0.3, 0.4) is 0 Å². The Morgan fingerprint density at radius 2 is 2.14 bits per heavy atom. The van der Waals surface area contributed by atoms with Crippen LogP contribution in [0.5, 0.6) is 0 Å². The van der Waals surface area contributed by atoms with Gasteiger partial charge in [-0.05, 0) is 19.8 Å². The second-order valence-corrected chi connectivity index (χ2v) is 4.87. The van der Waals surface area contributed by atoms with Crippen LogP contribution in [-0.4, -0.2) is 11.2 Å². The van der Waals surface area contributed by atoms with Gasteiger partial charge < -0.3 is 0 Å². The molecule has 0 spiro atoms. The lowest BCUT2D eigenvalue weighted by atomic mass is 9.90. The van der Waals surface area contributed by atoms with Crippen molar-refractivity contribution in [1.29, 1.82) is 0 Å². The van der Waals surface area contributed by atoms with Crippen molar-refractivity contribution in [3.8, 4) is 0 Å². The molecule has 1 nitrogen and oxygen atoms in total. The molecule has 2 rings (SSSR count). The molecule has 78 valence electrons. The van der Waals surface area contributed by atoms with E-state index in [9.17, 15) is 13.2 Å². The lowest BCUT2D eigenvalue weighted by Gasteiger charge is -2.23. The van der Waals surface area contributed by atoms with Gasteiger partial charge in [-0.3, -0.25) is 0 Å². The normalized spacial score (nSPS) is 22.1. The molecule has 0 aromatic carbocycles. The van der Waals surface area contributed by atoms with Gasteiger partial charge in [-0.25, -0.2) is 4.98 Å². The van der Waals surface area contributed by atoms with Crippen molar-refractivity contribution in [3.63, 3.8) is 0 Å². The van der Waals surface area contributed by atoms with Gasteiger partial charge in [0, 0.05) is 11.3 Å². The number of nitrogens with zero attached hydrogens (tertiary/aromatic N) is 1. The van der Waals surface area contributed by atoms with E-state index in [4.69, 9.17) is 0 Å². The molecule has 5 heteroatoms. The first kappa shape index (κ1) is 9.96. The number of alkyl halides is 3. The number of hydrogen-bond acceptors (Lipinski definition) is 2. The highest BCUT2D eigenvalue weighted by Crippen LogP contribution is 2.38. The van der Waals surface area contributed by atoms with Gasteiger partial charge in [0.2, 0.25) is 0 Å². The van der Waals surface area contributed by atoms with Gasteiger partial charge in [0.05, 0.1) is 16.6 Å². The third-order valence-electron chi connectivity index (χ3n) is 2.51. The Hall–Kier alpha value is -0.580. The van der Waals surface area contributed by atoms with Crippen molar-refractivity contribution in [3.05, 3.63) is 15.6 Å². The highest BCUT2D eigenvalue weighted by atomic mass is 32.1. The molecule has 0 fully saturated rings. The Labute approximate surface area is 84.0 Å². The van der Waals surface area contributed by atoms with Gasteiger partial charge in [-0.1, -0.05) is 0 Å². The van der Waals surface area contributed by atoms with E-state index in [2.05, 4.69) is 4.98 Å². The van der Waals surface area contributed by atoms with Crippen molar-refractivity contribution < 1.29 is 13.2 Å². The molecule has 1 heterocycles. The summed E-state index contributed by atoms with van der Waals surface area (Å²) in [5, 5.41) is 0.873. The number of aryl methyl sites for hydroxylation is 2. The molecule has 0 bridgehead atoms. The van der Waals surface area contributed by atoms with Gasteiger partial charge in [-0.2, -0.15) is 13.2 Å². The quantitative estimate of drug-likeness (QED) is 0.656. The molecule has 0 saturated heterocycles. The summed E-state index contributed by atoms with van der Waals surface area (Å²) in [6.07, 6.45) is -3.23. The predicted molar refractivity (Wildman–Crippen MR) is 48.4 cm³/mol. The molecule has 0 saturated carbocycles. The topological polar surface area (TPSA) is 12.9 Å². The monoisotopic (exact) mass is 221 g/mol. The molecule has 1 aromatic heterocycles. The molecular formula is C9H10F3NS. The maximum atomic E-state index is 12.4. The van der Waals surface area contributed by atoms with Crippen LogP contribution in [0.4, 0.5) is 13.2 Å². The summed E-state index contributed by atoms with van der Waals surface area (Å²) >= 11 is 1.52. The van der Waals surface area contributed by atoms with E-state index in [1.165, 1.54) is 11.3 Å². The Morgan fingerprint density at radius 3 is 2.79 bits per heavy atom. The van der Waals surface area contributed by atoms with Crippen LogP contribution in [0, 0.1) is 12.8 Å². The molecule has 1 aliphatic carbocycles. The van der Waals surface area contributed by atoms with Gasteiger partial charge in [0.15, 0.2) is 0 Å². The number of thiazole rings is 1. The molecule has 1 unspecified atom stereocenters. The molecule has 0 amide bonds. The Morgan fingerprint density at radius 1 is 1.43 bits per heavy atom. The second kappa shape index (κ2) is 3.22. The van der Waals surface area contributed by atoms with Crippen LogP contribution in [0.25, 0.3) is 0 Å². The number of rotatable bonds is 0. The molecular weight excluding hydrogens is 211 g/mol. The minimum absolute atomic E-state index is 0.0726. The smallest absolute Gasteiger partial charge is 0.246 e. The van der Waals surface area contributed by atoms with Crippen LogP contribution in [0.15, 0.2) is 0 Å². The summed E-state index contributed by atoms with van der Waals surface area (Å²) in [4.78, 5) is 5.18. The SMILES string of the molecule is Cc1nc2c(s1)CCC(C(F)(F)F)C2. The summed E-state index contributed by atoms with van der Waals surface area (Å²) in [6.45, 7) is 1.84. The fraction of sp³-hybridized carbons (Fsp3) is 0.667. The summed E-state index contributed by atoms with van der Waals surface area (Å²) in [6, 6.07) is 0. The minimum Gasteiger partial charge on any atom is -0.246 e. The third kappa shape index (κ3) is 1.78. The maximum Gasteiger partial charge on any atom is 0.392 e. The zero-order valence-corrected chi connectivity index (χ0v) is 8.50. The number of hydrogen-bond donors (Lipinski definition) is 0. The first-order valence-electron chi connectivity index (χ1n) is 4.48. The second-order valence-electron chi connectivity index (χ2n) is 3.58. The highest BCUT2D eigenvalue weighted by Gasteiger charge is 2.41. The molecule has 0 aliphatic heterocycles. The Balaban J connectivity index is 2.21. The largest absolute Gasteiger partial charge is 0.392 e. The zero-order valence-electron chi connectivity index (χ0n) is 7.69. The molecule has 1 atom stereocenters. The average Bonchev–Trinajstić information content (AvgIpc) is 2.41. The molecule has 1 aliphatic rings. The van der Waals surface area contributed by atoms with Crippen LogP contribution in [-0.2, 0) is 12.8 Å². The first-order valence-corrected chi connectivity index (χ1v) is 5.30. The number of aromatic nitrogens is 1. The summed E-state index contributed by atoms with van der Waals surface area (Å²) < 4.78 is 37.3. The third-order valence-corrected chi connectivity index (χ3v) is 3.58. The van der Waals surface area contributed by atoms with Gasteiger partial charge >= 0.3 is 6.18 Å². The van der Waals surface area contributed by atoms with Gasteiger partial charge in [0.1, 0.15) is 0 Å². The maximum absolute atomic E-state index is 12.4. The van der Waals surface area contributed by atoms with E-state index in [-0.39, 0.29) is 12.8 Å². The van der Waals surface area contributed by atoms with Crippen molar-refractivity contribution in [1.82, 2.24) is 4.98 Å². The first-order chi connectivity index (χ1) is 6.47. The van der Waals surface area contributed by atoms with E-state index in [1.807, 2.05) is 6.92 Å². The molecule has 1 aromatic rings. The molecule has 14 heavy (non-hydrogen) atoms. The van der Waals surface area contributed by atoms with Crippen LogP contribution in [0.2, 0.25) is 0 Å². The number of fused-ring (bicyclic) bond motifs is 1. The Bertz CT molecular complexity index is 342. The molecule has 0 N–H and O–H groups in total. The van der Waals surface area contributed by atoms with Gasteiger partial charge in [-0.15, -0.1) is 11.3 Å². The lowest BCUT2D eigenvalue weighted by molar-refractivity contribution is -0.177. The van der Waals surface area contributed by atoms with E-state index in [1.54, 1.807) is 0 Å². The highest BCUT2D eigenvalue weighted by molar-refractivity contribution is 7.11. The lowest BCUT2D eigenvalue weighted by Crippen LogP contribution is -2.28. The van der Waals surface area contributed by atoms with E-state index >= 15 is 0 Å². The van der Waals surface area contributed by atoms with Crippen LogP contribution < -0.4 is 0 Å².